The molecule has 0 heterocycles. The van der Waals surface area contributed by atoms with Crippen molar-refractivity contribution in [3.8, 4) is 11.5 Å². The topological polar surface area (TPSA) is 56.8 Å². The molecule has 1 atom stereocenters. The number of carbonyl (C=O) groups excluding carboxylic acids is 1. The van der Waals surface area contributed by atoms with Gasteiger partial charge in [-0.1, -0.05) is 43.0 Å². The van der Waals surface area contributed by atoms with Crippen molar-refractivity contribution >= 4 is 12.2 Å². The first-order chi connectivity index (χ1) is 12.7. The van der Waals surface area contributed by atoms with Crippen molar-refractivity contribution in [2.75, 3.05) is 20.8 Å². The van der Waals surface area contributed by atoms with Crippen LogP contribution in [0.4, 0.5) is 4.79 Å². The van der Waals surface area contributed by atoms with Crippen molar-refractivity contribution in [3.63, 3.8) is 0 Å². The van der Waals surface area contributed by atoms with Crippen molar-refractivity contribution in [1.29, 1.82) is 0 Å². The van der Waals surface area contributed by atoms with Crippen molar-refractivity contribution < 1.29 is 19.0 Å². The van der Waals surface area contributed by atoms with E-state index in [1.54, 1.807) is 20.3 Å². The fraction of sp³-hybridized carbons (Fsp3) is 0.286. The summed E-state index contributed by atoms with van der Waals surface area (Å²) in [6, 6.07) is 11.5. The van der Waals surface area contributed by atoms with Gasteiger partial charge in [0.05, 0.1) is 14.2 Å². The number of nitrogens with one attached hydrogen (secondary N) is 1. The van der Waals surface area contributed by atoms with Gasteiger partial charge in [0.15, 0.2) is 0 Å². The quantitative estimate of drug-likeness (QED) is 0.820. The SMILES string of the molecule is C=Cc1cc(OC)c2c(c1OC)CC2CNC(=O)OCc1ccccc1. The molecule has 1 unspecified atom stereocenters. The molecule has 0 saturated carbocycles. The van der Waals surface area contributed by atoms with Gasteiger partial charge in [-0.3, -0.25) is 0 Å². The van der Waals surface area contributed by atoms with Gasteiger partial charge in [-0.2, -0.15) is 0 Å². The molecule has 0 aromatic heterocycles. The third-order valence-corrected chi connectivity index (χ3v) is 4.62. The molecule has 3 rings (SSSR count). The maximum atomic E-state index is 11.9. The number of fused-ring (bicyclic) bond motifs is 1. The summed E-state index contributed by atoms with van der Waals surface area (Å²) in [5, 5.41) is 2.84. The average Bonchev–Trinajstić information content (AvgIpc) is 2.66. The fourth-order valence-corrected chi connectivity index (χ4v) is 3.31. The largest absolute Gasteiger partial charge is 0.496 e. The Morgan fingerprint density at radius 1 is 1.27 bits per heavy atom. The molecule has 1 aliphatic carbocycles. The van der Waals surface area contributed by atoms with Crippen LogP contribution >= 0.6 is 0 Å². The molecule has 0 saturated heterocycles. The summed E-state index contributed by atoms with van der Waals surface area (Å²) in [5.74, 6) is 1.81. The Morgan fingerprint density at radius 3 is 2.69 bits per heavy atom. The fourth-order valence-electron chi connectivity index (χ4n) is 3.31. The lowest BCUT2D eigenvalue weighted by molar-refractivity contribution is 0.138. The molecule has 0 fully saturated rings. The number of methoxy groups -OCH3 is 2. The zero-order valence-electron chi connectivity index (χ0n) is 15.1. The Bertz CT molecular complexity index is 801. The molecule has 0 spiro atoms. The van der Waals surface area contributed by atoms with Crippen LogP contribution in [0.5, 0.6) is 11.5 Å². The van der Waals surface area contributed by atoms with E-state index in [4.69, 9.17) is 14.2 Å². The van der Waals surface area contributed by atoms with Gasteiger partial charge < -0.3 is 19.5 Å². The van der Waals surface area contributed by atoms with E-state index in [1.165, 1.54) is 0 Å². The Labute approximate surface area is 153 Å². The van der Waals surface area contributed by atoms with Gasteiger partial charge in [0.2, 0.25) is 0 Å². The molecular weight excluding hydrogens is 330 g/mol. The van der Waals surface area contributed by atoms with E-state index in [0.717, 1.165) is 40.2 Å². The highest BCUT2D eigenvalue weighted by atomic mass is 16.5. The van der Waals surface area contributed by atoms with E-state index in [9.17, 15) is 4.79 Å². The number of hydrogen-bond donors (Lipinski definition) is 1. The lowest BCUT2D eigenvalue weighted by atomic mass is 9.75. The van der Waals surface area contributed by atoms with Crippen molar-refractivity contribution in [2.45, 2.75) is 18.9 Å². The second-order valence-electron chi connectivity index (χ2n) is 6.14. The normalized spacial score (nSPS) is 14.6. The van der Waals surface area contributed by atoms with E-state index in [2.05, 4.69) is 11.9 Å². The van der Waals surface area contributed by atoms with Crippen molar-refractivity contribution in [1.82, 2.24) is 5.32 Å². The van der Waals surface area contributed by atoms with Crippen molar-refractivity contribution in [2.24, 2.45) is 0 Å². The number of rotatable bonds is 7. The molecule has 26 heavy (non-hydrogen) atoms. The first kappa shape index (κ1) is 17.9. The monoisotopic (exact) mass is 353 g/mol. The van der Waals surface area contributed by atoms with Crippen LogP contribution in [0.1, 0.15) is 28.2 Å². The highest BCUT2D eigenvalue weighted by molar-refractivity contribution is 5.70. The lowest BCUT2D eigenvalue weighted by Gasteiger charge is -2.34. The number of ether oxygens (including phenoxy) is 3. The second-order valence-corrected chi connectivity index (χ2v) is 6.14. The minimum absolute atomic E-state index is 0.178. The standard InChI is InChI=1S/C21H23NO4/c1-4-15-11-18(24-2)19-16(10-17(19)20(15)25-3)12-22-21(23)26-13-14-8-6-5-7-9-14/h4-9,11,16H,1,10,12-13H2,2-3H3,(H,22,23). The summed E-state index contributed by atoms with van der Waals surface area (Å²) in [4.78, 5) is 11.9. The highest BCUT2D eigenvalue weighted by Gasteiger charge is 2.34. The number of carbonyl (C=O) groups is 1. The van der Waals surface area contributed by atoms with Crippen LogP contribution < -0.4 is 14.8 Å². The van der Waals surface area contributed by atoms with E-state index < -0.39 is 6.09 Å². The van der Waals surface area contributed by atoms with Gasteiger partial charge in [0, 0.05) is 29.2 Å². The lowest BCUT2D eigenvalue weighted by Crippen LogP contribution is -2.34. The molecule has 5 nitrogen and oxygen atoms in total. The first-order valence-corrected chi connectivity index (χ1v) is 8.52. The molecule has 0 aliphatic heterocycles. The molecule has 1 amide bonds. The summed E-state index contributed by atoms with van der Waals surface area (Å²) in [6.07, 6.45) is 2.15. The number of alkyl carbamates (subject to hydrolysis) is 1. The molecule has 136 valence electrons. The van der Waals surface area contributed by atoms with Crippen LogP contribution in [0.25, 0.3) is 6.08 Å². The van der Waals surface area contributed by atoms with Crippen molar-refractivity contribution in [3.05, 3.63) is 65.2 Å². The molecule has 2 aromatic rings. The molecule has 1 N–H and O–H groups in total. The molecular formula is C21H23NO4. The Hall–Kier alpha value is -2.95. The molecule has 2 aromatic carbocycles. The summed E-state index contributed by atoms with van der Waals surface area (Å²) < 4.78 is 16.3. The van der Waals surface area contributed by atoms with Gasteiger partial charge in [0.1, 0.15) is 18.1 Å². The average molecular weight is 353 g/mol. The maximum absolute atomic E-state index is 11.9. The highest BCUT2D eigenvalue weighted by Crippen LogP contribution is 2.48. The van der Waals surface area contributed by atoms with Crippen LogP contribution in [0.2, 0.25) is 0 Å². The van der Waals surface area contributed by atoms with Crippen LogP contribution in [0.3, 0.4) is 0 Å². The predicted molar refractivity (Wildman–Crippen MR) is 101 cm³/mol. The molecule has 0 radical (unpaired) electrons. The van der Waals surface area contributed by atoms with E-state index >= 15 is 0 Å². The van der Waals surface area contributed by atoms with Crippen LogP contribution in [0, 0.1) is 0 Å². The maximum Gasteiger partial charge on any atom is 0.407 e. The molecule has 1 aliphatic rings. The predicted octanol–water partition coefficient (Wildman–Crippen LogP) is 3.91. The Morgan fingerprint density at radius 2 is 2.04 bits per heavy atom. The smallest absolute Gasteiger partial charge is 0.407 e. The third kappa shape index (κ3) is 3.52. The summed E-state index contributed by atoms with van der Waals surface area (Å²) >= 11 is 0. The van der Waals surface area contributed by atoms with Gasteiger partial charge in [0.25, 0.3) is 0 Å². The van der Waals surface area contributed by atoms with Crippen LogP contribution in [-0.4, -0.2) is 26.9 Å². The van der Waals surface area contributed by atoms with Gasteiger partial charge in [-0.15, -0.1) is 0 Å². The van der Waals surface area contributed by atoms with Gasteiger partial charge in [-0.05, 0) is 18.1 Å². The second kappa shape index (κ2) is 7.95. The van der Waals surface area contributed by atoms with E-state index in [1.807, 2.05) is 36.4 Å². The molecule has 0 bridgehead atoms. The van der Waals surface area contributed by atoms with Gasteiger partial charge >= 0.3 is 6.09 Å². The zero-order chi connectivity index (χ0) is 18.5. The minimum Gasteiger partial charge on any atom is -0.496 e. The van der Waals surface area contributed by atoms with E-state index in [-0.39, 0.29) is 12.5 Å². The first-order valence-electron chi connectivity index (χ1n) is 8.52. The number of amides is 1. The number of benzene rings is 2. The number of hydrogen-bond acceptors (Lipinski definition) is 4. The third-order valence-electron chi connectivity index (χ3n) is 4.62. The Kier molecular flexibility index (Phi) is 5.46. The summed E-state index contributed by atoms with van der Waals surface area (Å²) in [7, 11) is 3.30. The Balaban J connectivity index is 1.61. The summed E-state index contributed by atoms with van der Waals surface area (Å²) in [6.45, 7) is 4.58. The van der Waals surface area contributed by atoms with E-state index in [0.29, 0.717) is 6.54 Å². The molecule has 5 heteroatoms. The minimum atomic E-state index is -0.420. The zero-order valence-corrected chi connectivity index (χ0v) is 15.1. The summed E-state index contributed by atoms with van der Waals surface area (Å²) in [5.41, 5.74) is 4.07. The van der Waals surface area contributed by atoms with Crippen LogP contribution in [0.15, 0.2) is 43.0 Å². The van der Waals surface area contributed by atoms with Gasteiger partial charge in [-0.25, -0.2) is 4.79 Å². The van der Waals surface area contributed by atoms with Crippen LogP contribution in [-0.2, 0) is 17.8 Å².